The molecule has 0 radical (unpaired) electrons. The average molecular weight is 329 g/mol. The van der Waals surface area contributed by atoms with Gasteiger partial charge in [-0.2, -0.15) is 0 Å². The van der Waals surface area contributed by atoms with Crippen molar-refractivity contribution in [1.29, 1.82) is 0 Å². The molecule has 0 aliphatic carbocycles. The Balaban J connectivity index is 1.78. The van der Waals surface area contributed by atoms with Gasteiger partial charge in [-0.1, -0.05) is 16.5 Å². The number of rotatable bonds is 8. The van der Waals surface area contributed by atoms with Gasteiger partial charge in [0.15, 0.2) is 0 Å². The van der Waals surface area contributed by atoms with Crippen molar-refractivity contribution in [3.05, 3.63) is 30.6 Å². The van der Waals surface area contributed by atoms with E-state index in [4.69, 9.17) is 10.2 Å². The van der Waals surface area contributed by atoms with Gasteiger partial charge in [0.05, 0.1) is 23.8 Å². The predicted molar refractivity (Wildman–Crippen MR) is 85.7 cm³/mol. The molecule has 126 valence electrons. The second-order valence-corrected chi connectivity index (χ2v) is 5.30. The first-order chi connectivity index (χ1) is 11.8. The molecule has 3 aromatic heterocycles. The van der Waals surface area contributed by atoms with Crippen molar-refractivity contribution in [2.24, 2.45) is 0 Å². The molecule has 3 rings (SSSR count). The largest absolute Gasteiger partial charge is 0.396 e. The molecule has 9 heteroatoms. The standard InChI is InChI=1S/C15H19N7O2/c23-8-2-6-21-10-14(17-19-21)12-4-1-5-13(16-12)15-11-22(20-18-15)7-3-9-24/h1,4-5,10-11,23-24H,2-3,6-9H2. The first-order valence-electron chi connectivity index (χ1n) is 7.80. The molecule has 0 unspecified atom stereocenters. The second kappa shape index (κ2) is 7.75. The summed E-state index contributed by atoms with van der Waals surface area (Å²) < 4.78 is 3.37. The summed E-state index contributed by atoms with van der Waals surface area (Å²) in [6.07, 6.45) is 4.88. The fraction of sp³-hybridized carbons (Fsp3) is 0.400. The minimum Gasteiger partial charge on any atom is -0.396 e. The first kappa shape index (κ1) is 16.2. The Morgan fingerprint density at radius 3 is 1.71 bits per heavy atom. The third-order valence-electron chi connectivity index (χ3n) is 3.44. The maximum absolute atomic E-state index is 8.87. The van der Waals surface area contributed by atoms with Crippen molar-refractivity contribution >= 4 is 0 Å². The molecular weight excluding hydrogens is 310 g/mol. The highest BCUT2D eigenvalue weighted by Crippen LogP contribution is 2.19. The zero-order valence-corrected chi connectivity index (χ0v) is 13.2. The summed E-state index contributed by atoms with van der Waals surface area (Å²) in [5.74, 6) is 0. The summed E-state index contributed by atoms with van der Waals surface area (Å²) >= 11 is 0. The molecule has 3 heterocycles. The number of hydrogen-bond acceptors (Lipinski definition) is 7. The lowest BCUT2D eigenvalue weighted by molar-refractivity contribution is 0.276. The third-order valence-corrected chi connectivity index (χ3v) is 3.44. The maximum Gasteiger partial charge on any atom is 0.131 e. The molecule has 24 heavy (non-hydrogen) atoms. The van der Waals surface area contributed by atoms with Crippen LogP contribution in [0.25, 0.3) is 22.8 Å². The van der Waals surface area contributed by atoms with Gasteiger partial charge in [0.2, 0.25) is 0 Å². The lowest BCUT2D eigenvalue weighted by Gasteiger charge is -1.99. The summed E-state index contributed by atoms with van der Waals surface area (Å²) in [6, 6.07) is 5.61. The molecule has 0 aliphatic heterocycles. The van der Waals surface area contributed by atoms with Crippen LogP contribution in [0, 0.1) is 0 Å². The number of nitrogens with zero attached hydrogens (tertiary/aromatic N) is 7. The molecule has 0 saturated heterocycles. The fourth-order valence-electron chi connectivity index (χ4n) is 2.24. The van der Waals surface area contributed by atoms with Crippen LogP contribution >= 0.6 is 0 Å². The zero-order chi connectivity index (χ0) is 16.8. The van der Waals surface area contributed by atoms with Gasteiger partial charge in [-0.05, 0) is 25.0 Å². The van der Waals surface area contributed by atoms with E-state index in [0.717, 1.165) is 0 Å². The quantitative estimate of drug-likeness (QED) is 0.613. The Labute approximate surface area is 138 Å². The fourth-order valence-corrected chi connectivity index (χ4v) is 2.24. The van der Waals surface area contributed by atoms with E-state index >= 15 is 0 Å². The van der Waals surface area contributed by atoms with E-state index < -0.39 is 0 Å². The highest BCUT2D eigenvalue weighted by atomic mass is 16.3. The molecule has 0 saturated carbocycles. The maximum atomic E-state index is 8.87. The molecular formula is C15H19N7O2. The Morgan fingerprint density at radius 2 is 1.25 bits per heavy atom. The normalized spacial score (nSPS) is 11.1. The van der Waals surface area contributed by atoms with E-state index in [1.807, 2.05) is 18.2 Å². The van der Waals surface area contributed by atoms with Crippen molar-refractivity contribution in [3.8, 4) is 22.8 Å². The summed E-state index contributed by atoms with van der Waals surface area (Å²) in [5, 5.41) is 34.0. The summed E-state index contributed by atoms with van der Waals surface area (Å²) in [6.45, 7) is 1.47. The van der Waals surface area contributed by atoms with E-state index in [0.29, 0.717) is 48.7 Å². The van der Waals surface area contributed by atoms with E-state index in [1.54, 1.807) is 21.8 Å². The zero-order valence-electron chi connectivity index (χ0n) is 13.2. The molecule has 0 spiro atoms. The van der Waals surface area contributed by atoms with Crippen LogP contribution < -0.4 is 0 Å². The van der Waals surface area contributed by atoms with Gasteiger partial charge < -0.3 is 10.2 Å². The summed E-state index contributed by atoms with van der Waals surface area (Å²) in [7, 11) is 0. The highest BCUT2D eigenvalue weighted by molar-refractivity contribution is 5.60. The van der Waals surface area contributed by atoms with Gasteiger partial charge in [0.25, 0.3) is 0 Å². The van der Waals surface area contributed by atoms with Gasteiger partial charge in [-0.15, -0.1) is 10.2 Å². The van der Waals surface area contributed by atoms with Gasteiger partial charge in [-0.25, -0.2) is 4.98 Å². The van der Waals surface area contributed by atoms with Crippen LogP contribution in [0.4, 0.5) is 0 Å². The van der Waals surface area contributed by atoms with E-state index in [9.17, 15) is 0 Å². The average Bonchev–Trinajstić information content (AvgIpc) is 3.28. The van der Waals surface area contributed by atoms with E-state index in [-0.39, 0.29) is 13.2 Å². The molecule has 0 aromatic carbocycles. The lowest BCUT2D eigenvalue weighted by Crippen LogP contribution is -2.00. The SMILES string of the molecule is OCCCn1cc(-c2cccc(-c3cn(CCCO)nn3)n2)nn1. The van der Waals surface area contributed by atoms with Crippen molar-refractivity contribution in [2.45, 2.75) is 25.9 Å². The van der Waals surface area contributed by atoms with Gasteiger partial charge in [-0.3, -0.25) is 9.36 Å². The van der Waals surface area contributed by atoms with Crippen molar-refractivity contribution in [1.82, 2.24) is 35.0 Å². The lowest BCUT2D eigenvalue weighted by atomic mass is 10.2. The topological polar surface area (TPSA) is 115 Å². The number of aliphatic hydroxyl groups is 2. The Hall–Kier alpha value is -2.65. The number of pyridine rings is 1. The summed E-state index contributed by atoms with van der Waals surface area (Å²) in [4.78, 5) is 4.57. The number of aryl methyl sites for hydroxylation is 2. The Morgan fingerprint density at radius 1 is 0.750 bits per heavy atom. The highest BCUT2D eigenvalue weighted by Gasteiger charge is 2.10. The molecule has 0 bridgehead atoms. The molecule has 0 fully saturated rings. The van der Waals surface area contributed by atoms with Crippen LogP contribution in [0.2, 0.25) is 0 Å². The molecule has 2 N–H and O–H groups in total. The van der Waals surface area contributed by atoms with Crippen LogP contribution in [0.15, 0.2) is 30.6 Å². The molecule has 3 aromatic rings. The van der Waals surface area contributed by atoms with Crippen molar-refractivity contribution in [2.75, 3.05) is 13.2 Å². The van der Waals surface area contributed by atoms with Crippen LogP contribution in [0.5, 0.6) is 0 Å². The smallest absolute Gasteiger partial charge is 0.131 e. The van der Waals surface area contributed by atoms with Crippen LogP contribution in [0.3, 0.4) is 0 Å². The van der Waals surface area contributed by atoms with Crippen molar-refractivity contribution in [3.63, 3.8) is 0 Å². The number of aromatic nitrogens is 7. The second-order valence-electron chi connectivity index (χ2n) is 5.30. The molecule has 0 amide bonds. The minimum absolute atomic E-state index is 0.120. The van der Waals surface area contributed by atoms with Crippen LogP contribution in [0.1, 0.15) is 12.8 Å². The molecule has 9 nitrogen and oxygen atoms in total. The minimum atomic E-state index is 0.120. The Bertz CT molecular complexity index is 722. The van der Waals surface area contributed by atoms with Gasteiger partial charge >= 0.3 is 0 Å². The van der Waals surface area contributed by atoms with Gasteiger partial charge in [0, 0.05) is 26.3 Å². The third kappa shape index (κ3) is 3.81. The number of hydrogen-bond donors (Lipinski definition) is 2. The Kier molecular flexibility index (Phi) is 5.24. The number of aliphatic hydroxyl groups excluding tert-OH is 2. The predicted octanol–water partition coefficient (Wildman–Crippen LogP) is 0.363. The molecule has 0 aliphatic rings. The van der Waals surface area contributed by atoms with E-state index in [1.165, 1.54) is 0 Å². The monoisotopic (exact) mass is 329 g/mol. The van der Waals surface area contributed by atoms with Gasteiger partial charge in [0.1, 0.15) is 11.4 Å². The van der Waals surface area contributed by atoms with Crippen LogP contribution in [-0.2, 0) is 13.1 Å². The first-order valence-corrected chi connectivity index (χ1v) is 7.80. The van der Waals surface area contributed by atoms with Crippen molar-refractivity contribution < 1.29 is 10.2 Å². The molecule has 0 atom stereocenters. The summed E-state index contributed by atoms with van der Waals surface area (Å²) in [5.41, 5.74) is 2.74. The van der Waals surface area contributed by atoms with Crippen LogP contribution in [-0.4, -0.2) is 58.4 Å². The van der Waals surface area contributed by atoms with E-state index in [2.05, 4.69) is 25.6 Å².